The van der Waals surface area contributed by atoms with E-state index in [1.165, 1.54) is 51.1 Å². The average molecular weight is 262 g/mol. The summed E-state index contributed by atoms with van der Waals surface area (Å²) in [5.74, 6) is 2.12. The van der Waals surface area contributed by atoms with Crippen LogP contribution in [0.25, 0.3) is 0 Å². The zero-order chi connectivity index (χ0) is 13.1. The summed E-state index contributed by atoms with van der Waals surface area (Å²) in [5, 5.41) is 3.46. The molecule has 2 aliphatic rings. The lowest BCUT2D eigenvalue weighted by molar-refractivity contribution is 0.184. The summed E-state index contributed by atoms with van der Waals surface area (Å²) in [6, 6.07) is 0.830. The van der Waals surface area contributed by atoms with Gasteiger partial charge in [0.05, 0.1) is 6.54 Å². The zero-order valence-corrected chi connectivity index (χ0v) is 12.0. The maximum Gasteiger partial charge on any atom is 0.122 e. The van der Waals surface area contributed by atoms with Gasteiger partial charge in [-0.1, -0.05) is 0 Å². The predicted octanol–water partition coefficient (Wildman–Crippen LogP) is 1.87. The van der Waals surface area contributed by atoms with Gasteiger partial charge in [-0.05, 0) is 51.6 Å². The SMILES string of the molecule is CCn1ccnc1CN(CC1CCNCC1)C1CC1. The fourth-order valence-electron chi connectivity index (χ4n) is 3.14. The number of piperidine rings is 1. The topological polar surface area (TPSA) is 33.1 Å². The molecular weight excluding hydrogens is 236 g/mol. The Kier molecular flexibility index (Phi) is 4.18. The second kappa shape index (κ2) is 6.06. The number of aromatic nitrogens is 2. The summed E-state index contributed by atoms with van der Waals surface area (Å²) in [4.78, 5) is 7.22. The van der Waals surface area contributed by atoms with Gasteiger partial charge in [0.1, 0.15) is 5.82 Å². The molecule has 3 rings (SSSR count). The molecular formula is C15H26N4. The molecule has 1 aromatic heterocycles. The molecule has 0 atom stereocenters. The first-order valence-corrected chi connectivity index (χ1v) is 7.81. The van der Waals surface area contributed by atoms with Gasteiger partial charge >= 0.3 is 0 Å². The van der Waals surface area contributed by atoms with Crippen LogP contribution in [0, 0.1) is 5.92 Å². The average Bonchev–Trinajstić information content (AvgIpc) is 3.20. The van der Waals surface area contributed by atoms with E-state index in [-0.39, 0.29) is 0 Å². The molecule has 1 saturated carbocycles. The molecule has 1 aliphatic carbocycles. The summed E-state index contributed by atoms with van der Waals surface area (Å²) in [7, 11) is 0. The Morgan fingerprint density at radius 3 is 2.79 bits per heavy atom. The van der Waals surface area contributed by atoms with E-state index in [1.54, 1.807) is 0 Å². The van der Waals surface area contributed by atoms with Crippen molar-refractivity contribution in [1.29, 1.82) is 0 Å². The summed E-state index contributed by atoms with van der Waals surface area (Å²) < 4.78 is 2.28. The lowest BCUT2D eigenvalue weighted by atomic mass is 9.97. The molecule has 0 spiro atoms. The number of aryl methyl sites for hydroxylation is 1. The van der Waals surface area contributed by atoms with Crippen LogP contribution >= 0.6 is 0 Å². The van der Waals surface area contributed by atoms with E-state index in [9.17, 15) is 0 Å². The minimum absolute atomic E-state index is 0.830. The summed E-state index contributed by atoms with van der Waals surface area (Å²) in [6.07, 6.45) is 9.49. The van der Waals surface area contributed by atoms with Crippen LogP contribution in [0.4, 0.5) is 0 Å². The number of nitrogens with one attached hydrogen (secondary N) is 1. The van der Waals surface area contributed by atoms with Crippen molar-refractivity contribution < 1.29 is 0 Å². The minimum atomic E-state index is 0.830. The van der Waals surface area contributed by atoms with Crippen molar-refractivity contribution in [3.63, 3.8) is 0 Å². The number of rotatable bonds is 6. The summed E-state index contributed by atoms with van der Waals surface area (Å²) in [5.41, 5.74) is 0. The standard InChI is InChI=1S/C15H26N4/c1-2-18-10-9-17-15(18)12-19(14-3-4-14)11-13-5-7-16-8-6-13/h9-10,13-14,16H,2-8,11-12H2,1H3. The molecule has 4 heteroatoms. The molecule has 1 saturated heterocycles. The number of hydrogen-bond donors (Lipinski definition) is 1. The van der Waals surface area contributed by atoms with Crippen molar-refractivity contribution in [1.82, 2.24) is 19.8 Å². The van der Waals surface area contributed by atoms with Crippen molar-refractivity contribution in [3.05, 3.63) is 18.2 Å². The molecule has 1 N–H and O–H groups in total. The number of nitrogens with zero attached hydrogens (tertiary/aromatic N) is 3. The fourth-order valence-corrected chi connectivity index (χ4v) is 3.14. The lowest BCUT2D eigenvalue weighted by Crippen LogP contribution is -2.37. The van der Waals surface area contributed by atoms with Crippen molar-refractivity contribution in [3.8, 4) is 0 Å². The second-order valence-electron chi connectivity index (χ2n) is 5.98. The van der Waals surface area contributed by atoms with E-state index in [1.807, 2.05) is 6.20 Å². The molecule has 0 bridgehead atoms. The molecule has 2 heterocycles. The van der Waals surface area contributed by atoms with E-state index >= 15 is 0 Å². The van der Waals surface area contributed by atoms with Crippen LogP contribution in [0.15, 0.2) is 12.4 Å². The van der Waals surface area contributed by atoms with Gasteiger partial charge in [-0.25, -0.2) is 4.98 Å². The first-order valence-electron chi connectivity index (χ1n) is 7.81. The molecule has 106 valence electrons. The third-order valence-electron chi connectivity index (χ3n) is 4.50. The van der Waals surface area contributed by atoms with Gasteiger partial charge < -0.3 is 9.88 Å². The van der Waals surface area contributed by atoms with Gasteiger partial charge in [-0.3, -0.25) is 4.90 Å². The molecule has 4 nitrogen and oxygen atoms in total. The maximum atomic E-state index is 4.54. The number of hydrogen-bond acceptors (Lipinski definition) is 3. The Hall–Kier alpha value is -0.870. The molecule has 0 unspecified atom stereocenters. The van der Waals surface area contributed by atoms with Crippen molar-refractivity contribution in [2.75, 3.05) is 19.6 Å². The highest BCUT2D eigenvalue weighted by molar-refractivity contribution is 4.96. The summed E-state index contributed by atoms with van der Waals surface area (Å²) in [6.45, 7) is 7.93. The maximum absolute atomic E-state index is 4.54. The second-order valence-corrected chi connectivity index (χ2v) is 5.98. The largest absolute Gasteiger partial charge is 0.334 e. The smallest absolute Gasteiger partial charge is 0.122 e. The van der Waals surface area contributed by atoms with Crippen LogP contribution < -0.4 is 5.32 Å². The molecule has 2 fully saturated rings. The van der Waals surface area contributed by atoms with E-state index in [0.717, 1.165) is 25.0 Å². The Bertz CT molecular complexity index is 391. The van der Waals surface area contributed by atoms with Crippen LogP contribution in [0.3, 0.4) is 0 Å². The van der Waals surface area contributed by atoms with Gasteiger partial charge in [-0.15, -0.1) is 0 Å². The highest BCUT2D eigenvalue weighted by atomic mass is 15.2. The predicted molar refractivity (Wildman–Crippen MR) is 76.9 cm³/mol. The van der Waals surface area contributed by atoms with E-state index < -0.39 is 0 Å². The van der Waals surface area contributed by atoms with Crippen molar-refractivity contribution in [2.45, 2.75) is 51.7 Å². The van der Waals surface area contributed by atoms with Crippen LogP contribution in [0.5, 0.6) is 0 Å². The quantitative estimate of drug-likeness (QED) is 0.849. The highest BCUT2D eigenvalue weighted by Crippen LogP contribution is 2.30. The Morgan fingerprint density at radius 2 is 2.11 bits per heavy atom. The van der Waals surface area contributed by atoms with Gasteiger partial charge in [0, 0.05) is 31.5 Å². The number of imidazole rings is 1. The highest BCUT2D eigenvalue weighted by Gasteiger charge is 2.31. The summed E-state index contributed by atoms with van der Waals surface area (Å²) >= 11 is 0. The van der Waals surface area contributed by atoms with E-state index in [4.69, 9.17) is 0 Å². The fraction of sp³-hybridized carbons (Fsp3) is 0.800. The molecule has 1 aromatic rings. The third kappa shape index (κ3) is 3.37. The minimum Gasteiger partial charge on any atom is -0.334 e. The van der Waals surface area contributed by atoms with E-state index in [0.29, 0.717) is 0 Å². The van der Waals surface area contributed by atoms with E-state index in [2.05, 4.69) is 32.9 Å². The van der Waals surface area contributed by atoms with Gasteiger partial charge in [0.15, 0.2) is 0 Å². The van der Waals surface area contributed by atoms with Crippen LogP contribution in [-0.2, 0) is 13.1 Å². The van der Waals surface area contributed by atoms with Crippen LogP contribution in [0.2, 0.25) is 0 Å². The zero-order valence-electron chi connectivity index (χ0n) is 12.0. The van der Waals surface area contributed by atoms with Crippen LogP contribution in [-0.4, -0.2) is 40.1 Å². The van der Waals surface area contributed by atoms with Crippen LogP contribution in [0.1, 0.15) is 38.4 Å². The van der Waals surface area contributed by atoms with Gasteiger partial charge in [-0.2, -0.15) is 0 Å². The Balaban J connectivity index is 1.60. The first kappa shape index (κ1) is 13.1. The monoisotopic (exact) mass is 262 g/mol. The lowest BCUT2D eigenvalue weighted by Gasteiger charge is -2.30. The normalized spacial score (nSPS) is 21.2. The van der Waals surface area contributed by atoms with Crippen molar-refractivity contribution in [2.24, 2.45) is 5.92 Å². The Labute approximate surface area is 116 Å². The molecule has 0 radical (unpaired) electrons. The third-order valence-corrected chi connectivity index (χ3v) is 4.50. The Morgan fingerprint density at radius 1 is 1.32 bits per heavy atom. The van der Waals surface area contributed by atoms with Crippen molar-refractivity contribution >= 4 is 0 Å². The van der Waals surface area contributed by atoms with Gasteiger partial charge in [0.2, 0.25) is 0 Å². The molecule has 0 amide bonds. The molecule has 19 heavy (non-hydrogen) atoms. The first-order chi connectivity index (χ1) is 9.36. The molecule has 0 aromatic carbocycles. The van der Waals surface area contributed by atoms with Gasteiger partial charge in [0.25, 0.3) is 0 Å². The molecule has 1 aliphatic heterocycles.